The van der Waals surface area contributed by atoms with Crippen molar-refractivity contribution in [3.8, 4) is 5.75 Å². The summed E-state index contributed by atoms with van der Waals surface area (Å²) in [5.74, 6) is 0.508. The van der Waals surface area contributed by atoms with Crippen molar-refractivity contribution in [2.45, 2.75) is 76.8 Å². The second kappa shape index (κ2) is 15.9. The summed E-state index contributed by atoms with van der Waals surface area (Å²) in [5.41, 5.74) is 2.91. The van der Waals surface area contributed by atoms with Crippen LogP contribution in [0.5, 0.6) is 5.75 Å². The van der Waals surface area contributed by atoms with Crippen molar-refractivity contribution in [3.05, 3.63) is 70.3 Å². The van der Waals surface area contributed by atoms with Crippen molar-refractivity contribution in [2.24, 2.45) is 17.8 Å². The number of piperazine rings is 1. The fraction of sp³-hybridized carbons (Fsp3) is 0.615. The van der Waals surface area contributed by atoms with E-state index in [1.165, 1.54) is 5.56 Å². The summed E-state index contributed by atoms with van der Waals surface area (Å²) >= 11 is 6.39. The number of fused-ring (bicyclic) bond motifs is 3. The van der Waals surface area contributed by atoms with Crippen LogP contribution in [0.1, 0.15) is 74.4 Å². The second-order valence-electron chi connectivity index (χ2n) is 14.9. The Balaban J connectivity index is 1.38. The minimum Gasteiger partial charge on any atom is -0.487 e. The molecule has 11 heteroatoms. The molecule has 1 aliphatic carbocycles. The molecule has 4 aliphatic rings. The van der Waals surface area contributed by atoms with Gasteiger partial charge in [-0.15, -0.1) is 0 Å². The van der Waals surface area contributed by atoms with Crippen LogP contribution in [-0.2, 0) is 27.8 Å². The zero-order valence-corrected chi connectivity index (χ0v) is 31.8. The Hall–Kier alpha value is -2.63. The summed E-state index contributed by atoms with van der Waals surface area (Å²) < 4.78 is 42.6. The van der Waals surface area contributed by atoms with E-state index in [1.54, 1.807) is 13.0 Å². The highest BCUT2D eigenvalue weighted by Gasteiger charge is 2.48. The number of carbonyl (C=O) groups excluding carboxylic acids is 1. The van der Waals surface area contributed by atoms with Gasteiger partial charge in [0, 0.05) is 63.5 Å². The number of rotatable bonds is 4. The molecule has 6 rings (SSSR count). The van der Waals surface area contributed by atoms with Gasteiger partial charge in [-0.3, -0.25) is 9.69 Å². The van der Waals surface area contributed by atoms with Gasteiger partial charge in [0.2, 0.25) is 10.0 Å². The molecular weight excluding hydrogens is 672 g/mol. The summed E-state index contributed by atoms with van der Waals surface area (Å²) in [4.78, 5) is 21.0. The number of halogens is 1. The van der Waals surface area contributed by atoms with Crippen LogP contribution in [-0.4, -0.2) is 94.4 Å². The average Bonchev–Trinajstić information content (AvgIpc) is 3.12. The van der Waals surface area contributed by atoms with Gasteiger partial charge in [0.1, 0.15) is 18.0 Å². The highest BCUT2D eigenvalue weighted by atomic mass is 35.5. The number of amides is 1. The Morgan fingerprint density at radius 1 is 1.00 bits per heavy atom. The zero-order chi connectivity index (χ0) is 35.5. The third-order valence-corrected chi connectivity index (χ3v) is 14.1. The number of methoxy groups -OCH3 is 1. The van der Waals surface area contributed by atoms with E-state index in [0.29, 0.717) is 30.3 Å². The number of ether oxygens (including phenoxy) is 2. The molecule has 9 nitrogen and oxygen atoms in total. The van der Waals surface area contributed by atoms with E-state index in [2.05, 4.69) is 38.5 Å². The van der Waals surface area contributed by atoms with E-state index in [0.717, 1.165) is 101 Å². The Bertz CT molecular complexity index is 1640. The van der Waals surface area contributed by atoms with E-state index in [4.69, 9.17) is 21.1 Å². The maximum absolute atomic E-state index is 13.6. The van der Waals surface area contributed by atoms with Crippen LogP contribution in [0.3, 0.4) is 0 Å². The molecule has 0 radical (unpaired) electrons. The SMILES string of the molecule is CCN1CCN(C[C@]2(OC)/C=C/C[C@H](C)[C@@H](C)S(=O)(=O)NC(=O)c3ccc4c(c3)N(CCCCc3cc(Cl)ccc3CO4)C[C@@H]3CC[C@H]32)CC1. The maximum atomic E-state index is 13.6. The fourth-order valence-corrected chi connectivity index (χ4v) is 9.72. The molecule has 1 saturated carbocycles. The highest BCUT2D eigenvalue weighted by molar-refractivity contribution is 7.90. The summed E-state index contributed by atoms with van der Waals surface area (Å²) in [6.45, 7) is 13.8. The number of allylic oxidation sites excluding steroid dienone is 1. The van der Waals surface area contributed by atoms with Gasteiger partial charge in [0.25, 0.3) is 5.91 Å². The highest BCUT2D eigenvalue weighted by Crippen LogP contribution is 2.47. The Morgan fingerprint density at radius 2 is 1.78 bits per heavy atom. The molecule has 2 aromatic carbocycles. The van der Waals surface area contributed by atoms with Crippen LogP contribution in [0.4, 0.5) is 5.69 Å². The third kappa shape index (κ3) is 8.20. The molecule has 5 atom stereocenters. The monoisotopic (exact) mass is 726 g/mol. The lowest BCUT2D eigenvalue weighted by atomic mass is 9.63. The molecule has 2 aromatic rings. The second-order valence-corrected chi connectivity index (χ2v) is 17.4. The number of benzene rings is 2. The zero-order valence-electron chi connectivity index (χ0n) is 30.2. The minimum atomic E-state index is -3.94. The van der Waals surface area contributed by atoms with Crippen molar-refractivity contribution >= 4 is 33.2 Å². The van der Waals surface area contributed by atoms with E-state index in [9.17, 15) is 13.2 Å². The number of likely N-dealkylation sites (N-methyl/N-ethyl adjacent to an activating group) is 1. The number of nitrogens with one attached hydrogen (secondary N) is 1. The first-order valence-corrected chi connectivity index (χ1v) is 20.5. The number of hydrogen-bond donors (Lipinski definition) is 1. The number of sulfonamides is 1. The summed E-state index contributed by atoms with van der Waals surface area (Å²) in [6.07, 6.45) is 9.94. The molecule has 50 heavy (non-hydrogen) atoms. The predicted octanol–water partition coefficient (Wildman–Crippen LogP) is 6.15. The van der Waals surface area contributed by atoms with Crippen molar-refractivity contribution in [2.75, 3.05) is 64.4 Å². The third-order valence-electron chi connectivity index (χ3n) is 11.9. The first kappa shape index (κ1) is 37.1. The van der Waals surface area contributed by atoms with Gasteiger partial charge in [-0.25, -0.2) is 13.1 Å². The van der Waals surface area contributed by atoms with Crippen LogP contribution < -0.4 is 14.4 Å². The van der Waals surface area contributed by atoms with E-state index >= 15 is 0 Å². The van der Waals surface area contributed by atoms with Gasteiger partial charge in [0.05, 0.1) is 10.9 Å². The summed E-state index contributed by atoms with van der Waals surface area (Å²) in [5, 5.41) is -0.0499. The topological polar surface area (TPSA) is 91.4 Å². The average molecular weight is 727 g/mol. The van der Waals surface area contributed by atoms with E-state index < -0.39 is 26.8 Å². The lowest BCUT2D eigenvalue weighted by molar-refractivity contribution is -0.0952. The number of aryl methyl sites for hydroxylation is 1. The van der Waals surface area contributed by atoms with Gasteiger partial charge in [-0.2, -0.15) is 0 Å². The van der Waals surface area contributed by atoms with Crippen LogP contribution in [0.15, 0.2) is 48.6 Å². The molecule has 1 N–H and O–H groups in total. The molecule has 274 valence electrons. The Kier molecular flexibility index (Phi) is 11.8. The molecular formula is C39H55ClN4O5S. The van der Waals surface area contributed by atoms with Gasteiger partial charge in [-0.05, 0) is 111 Å². The lowest BCUT2D eigenvalue weighted by Crippen LogP contribution is -2.58. The summed E-state index contributed by atoms with van der Waals surface area (Å²) in [6, 6.07) is 11.3. The van der Waals surface area contributed by atoms with Gasteiger partial charge in [0.15, 0.2) is 0 Å². The van der Waals surface area contributed by atoms with E-state index in [1.807, 2.05) is 44.4 Å². The number of nitrogens with zero attached hydrogens (tertiary/aromatic N) is 3. The van der Waals surface area contributed by atoms with Crippen molar-refractivity contribution in [3.63, 3.8) is 0 Å². The smallest absolute Gasteiger partial charge is 0.264 e. The van der Waals surface area contributed by atoms with Gasteiger partial charge >= 0.3 is 0 Å². The molecule has 1 saturated heterocycles. The molecule has 1 amide bonds. The molecule has 3 heterocycles. The largest absolute Gasteiger partial charge is 0.487 e. The molecule has 0 aromatic heterocycles. The molecule has 0 unspecified atom stereocenters. The standard InChI is InChI=1S/C39H55ClN4O5S/c1-5-42-19-21-43(22-20-42)27-39(48-4)17-8-9-28(2)29(3)50(46,47)41-38(45)31-13-16-37-36(24-31)44(25-32-12-15-35(32)39)18-7-6-10-30-23-34(40)14-11-33(30)26-49-37/h8,11,13-14,16-17,23-24,28-29,32,35H,5-7,9-10,12,15,18-22,25-27H2,1-4H3,(H,41,45)/b17-8+/t28-,29+,32-,35+,39+/m0/s1. The van der Waals surface area contributed by atoms with Crippen LogP contribution in [0.25, 0.3) is 0 Å². The van der Waals surface area contributed by atoms with Crippen LogP contribution >= 0.6 is 11.6 Å². The lowest BCUT2D eigenvalue weighted by Gasteiger charge is -2.52. The number of carbonyl (C=O) groups is 1. The number of hydrogen-bond acceptors (Lipinski definition) is 8. The molecule has 2 fully saturated rings. The van der Waals surface area contributed by atoms with Gasteiger partial charge in [-0.1, -0.05) is 43.7 Å². The van der Waals surface area contributed by atoms with Crippen molar-refractivity contribution in [1.29, 1.82) is 0 Å². The van der Waals surface area contributed by atoms with Crippen molar-refractivity contribution < 1.29 is 22.7 Å². The molecule has 0 spiro atoms. The number of anilines is 1. The van der Waals surface area contributed by atoms with Crippen LogP contribution in [0, 0.1) is 17.8 Å². The molecule has 3 aliphatic heterocycles. The first-order valence-electron chi connectivity index (χ1n) is 18.5. The van der Waals surface area contributed by atoms with Crippen LogP contribution in [0.2, 0.25) is 5.02 Å². The van der Waals surface area contributed by atoms with Gasteiger partial charge < -0.3 is 19.3 Å². The summed E-state index contributed by atoms with van der Waals surface area (Å²) in [7, 11) is -2.10. The quantitative estimate of drug-likeness (QED) is 0.375. The fourth-order valence-electron chi connectivity index (χ4n) is 8.24. The normalized spacial score (nSPS) is 30.4. The Labute approximate surface area is 304 Å². The first-order chi connectivity index (χ1) is 24.0. The minimum absolute atomic E-state index is 0.210. The predicted molar refractivity (Wildman–Crippen MR) is 201 cm³/mol. The molecule has 2 bridgehead atoms. The Morgan fingerprint density at radius 3 is 2.50 bits per heavy atom. The van der Waals surface area contributed by atoms with Crippen molar-refractivity contribution in [1.82, 2.24) is 14.5 Å². The van der Waals surface area contributed by atoms with E-state index in [-0.39, 0.29) is 11.8 Å². The maximum Gasteiger partial charge on any atom is 0.264 e.